The Balaban J connectivity index is 2.77. The molecule has 0 aliphatic carbocycles. The largest absolute Gasteiger partial charge is 0.465 e. The van der Waals surface area contributed by atoms with E-state index in [0.29, 0.717) is 5.57 Å². The highest BCUT2D eigenvalue weighted by molar-refractivity contribution is 6.21. The minimum atomic E-state index is -0.727. The number of ether oxygens (including phenoxy) is 2. The zero-order valence-electron chi connectivity index (χ0n) is 12.4. The van der Waals surface area contributed by atoms with Gasteiger partial charge in [-0.3, -0.25) is 0 Å². The predicted molar refractivity (Wildman–Crippen MR) is 82.9 cm³/mol. The van der Waals surface area contributed by atoms with Gasteiger partial charge in [0, 0.05) is 5.57 Å². The van der Waals surface area contributed by atoms with Crippen molar-refractivity contribution >= 4 is 17.5 Å². The highest BCUT2D eigenvalue weighted by atomic mass is 16.5. The SMILES string of the molecule is COC(=O)C(C(=O)OC)=C(c1ccccc1)c1ccccc1. The summed E-state index contributed by atoms with van der Waals surface area (Å²) in [4.78, 5) is 24.2. The molecule has 0 aliphatic rings. The van der Waals surface area contributed by atoms with E-state index < -0.39 is 11.9 Å². The Bertz CT molecular complexity index is 628. The first-order chi connectivity index (χ1) is 10.7. The highest BCUT2D eigenvalue weighted by Gasteiger charge is 2.26. The molecule has 0 radical (unpaired) electrons. The summed E-state index contributed by atoms with van der Waals surface area (Å²) >= 11 is 0. The molecule has 2 aromatic rings. The summed E-state index contributed by atoms with van der Waals surface area (Å²) in [6.45, 7) is 0. The van der Waals surface area contributed by atoms with E-state index in [1.165, 1.54) is 14.2 Å². The van der Waals surface area contributed by atoms with E-state index in [1.807, 2.05) is 60.7 Å². The van der Waals surface area contributed by atoms with Gasteiger partial charge in [0.25, 0.3) is 0 Å². The number of methoxy groups -OCH3 is 2. The molecular formula is C18H16O4. The molecule has 0 amide bonds. The van der Waals surface area contributed by atoms with Crippen LogP contribution in [0.5, 0.6) is 0 Å². The van der Waals surface area contributed by atoms with Crippen LogP contribution < -0.4 is 0 Å². The number of carbonyl (C=O) groups excluding carboxylic acids is 2. The van der Waals surface area contributed by atoms with E-state index >= 15 is 0 Å². The molecule has 2 aromatic carbocycles. The molecule has 0 heterocycles. The van der Waals surface area contributed by atoms with Gasteiger partial charge in [-0.05, 0) is 11.1 Å². The molecule has 22 heavy (non-hydrogen) atoms. The van der Waals surface area contributed by atoms with E-state index in [1.54, 1.807) is 0 Å². The Labute approximate surface area is 129 Å². The monoisotopic (exact) mass is 296 g/mol. The number of benzene rings is 2. The number of esters is 2. The van der Waals surface area contributed by atoms with Crippen molar-refractivity contribution in [2.75, 3.05) is 14.2 Å². The van der Waals surface area contributed by atoms with Crippen LogP contribution in [0.4, 0.5) is 0 Å². The summed E-state index contributed by atoms with van der Waals surface area (Å²) < 4.78 is 9.52. The first-order valence-electron chi connectivity index (χ1n) is 6.70. The molecule has 0 aliphatic heterocycles. The molecule has 2 rings (SSSR count). The normalized spacial score (nSPS) is 9.73. The van der Waals surface area contributed by atoms with Crippen LogP contribution in [-0.4, -0.2) is 26.2 Å². The summed E-state index contributed by atoms with van der Waals surface area (Å²) in [6.07, 6.45) is 0. The molecule has 112 valence electrons. The van der Waals surface area contributed by atoms with Gasteiger partial charge >= 0.3 is 11.9 Å². The fourth-order valence-electron chi connectivity index (χ4n) is 2.16. The Morgan fingerprint density at radius 1 is 0.682 bits per heavy atom. The Morgan fingerprint density at radius 2 is 1.05 bits per heavy atom. The summed E-state index contributed by atoms with van der Waals surface area (Å²) in [5.41, 5.74) is 1.83. The van der Waals surface area contributed by atoms with Gasteiger partial charge in [-0.2, -0.15) is 0 Å². The number of carbonyl (C=O) groups is 2. The minimum absolute atomic E-state index is 0.123. The van der Waals surface area contributed by atoms with E-state index in [4.69, 9.17) is 9.47 Å². The third-order valence-corrected chi connectivity index (χ3v) is 3.15. The fraction of sp³-hybridized carbons (Fsp3) is 0.111. The third-order valence-electron chi connectivity index (χ3n) is 3.15. The first-order valence-corrected chi connectivity index (χ1v) is 6.70. The van der Waals surface area contributed by atoms with Crippen molar-refractivity contribution < 1.29 is 19.1 Å². The van der Waals surface area contributed by atoms with Crippen molar-refractivity contribution in [3.63, 3.8) is 0 Å². The van der Waals surface area contributed by atoms with E-state index in [0.717, 1.165) is 11.1 Å². The number of rotatable bonds is 4. The first kappa shape index (κ1) is 15.5. The molecule has 0 aromatic heterocycles. The van der Waals surface area contributed by atoms with Gasteiger partial charge in [0.05, 0.1) is 14.2 Å². The van der Waals surface area contributed by atoms with Crippen molar-refractivity contribution in [1.29, 1.82) is 0 Å². The molecule has 0 unspecified atom stereocenters. The molecule has 0 fully saturated rings. The van der Waals surface area contributed by atoms with Gasteiger partial charge in [0.1, 0.15) is 0 Å². The average molecular weight is 296 g/mol. The second-order valence-electron chi connectivity index (χ2n) is 4.47. The van der Waals surface area contributed by atoms with E-state index in [9.17, 15) is 9.59 Å². The lowest BCUT2D eigenvalue weighted by Crippen LogP contribution is -2.18. The number of hydrogen-bond donors (Lipinski definition) is 0. The highest BCUT2D eigenvalue weighted by Crippen LogP contribution is 2.28. The molecule has 0 saturated heterocycles. The summed E-state index contributed by atoms with van der Waals surface area (Å²) in [7, 11) is 2.47. The quantitative estimate of drug-likeness (QED) is 0.377. The Morgan fingerprint density at radius 3 is 1.36 bits per heavy atom. The summed E-state index contributed by atoms with van der Waals surface area (Å²) in [6, 6.07) is 18.4. The van der Waals surface area contributed by atoms with Crippen molar-refractivity contribution in [3.05, 3.63) is 77.4 Å². The second kappa shape index (κ2) is 7.22. The summed E-state index contributed by atoms with van der Waals surface area (Å²) in [5.74, 6) is -1.45. The summed E-state index contributed by atoms with van der Waals surface area (Å²) in [5, 5.41) is 0. The maximum Gasteiger partial charge on any atom is 0.345 e. The minimum Gasteiger partial charge on any atom is -0.465 e. The molecule has 0 spiro atoms. The topological polar surface area (TPSA) is 52.6 Å². The van der Waals surface area contributed by atoms with Crippen LogP contribution in [0, 0.1) is 0 Å². The molecule has 4 heteroatoms. The van der Waals surface area contributed by atoms with Crippen molar-refractivity contribution in [1.82, 2.24) is 0 Å². The maximum absolute atomic E-state index is 12.1. The van der Waals surface area contributed by atoms with Gasteiger partial charge < -0.3 is 9.47 Å². The molecule has 0 saturated carbocycles. The predicted octanol–water partition coefficient (Wildman–Crippen LogP) is 2.83. The fourth-order valence-corrected chi connectivity index (χ4v) is 2.16. The maximum atomic E-state index is 12.1. The van der Waals surface area contributed by atoms with E-state index in [-0.39, 0.29) is 5.57 Å². The van der Waals surface area contributed by atoms with Gasteiger partial charge in [0.2, 0.25) is 0 Å². The van der Waals surface area contributed by atoms with Crippen molar-refractivity contribution in [2.45, 2.75) is 0 Å². The lowest BCUT2D eigenvalue weighted by atomic mass is 9.93. The van der Waals surface area contributed by atoms with Gasteiger partial charge in [-0.15, -0.1) is 0 Å². The third kappa shape index (κ3) is 3.23. The van der Waals surface area contributed by atoms with Crippen LogP contribution in [0.2, 0.25) is 0 Å². The Hall–Kier alpha value is -2.88. The zero-order chi connectivity index (χ0) is 15.9. The van der Waals surface area contributed by atoms with Crippen LogP contribution in [-0.2, 0) is 19.1 Å². The van der Waals surface area contributed by atoms with Crippen LogP contribution in [0.15, 0.2) is 66.2 Å². The lowest BCUT2D eigenvalue weighted by molar-refractivity contribution is -0.143. The van der Waals surface area contributed by atoms with Crippen LogP contribution in [0.25, 0.3) is 5.57 Å². The van der Waals surface area contributed by atoms with E-state index in [2.05, 4.69) is 0 Å². The molecule has 4 nitrogen and oxygen atoms in total. The van der Waals surface area contributed by atoms with Crippen LogP contribution in [0.1, 0.15) is 11.1 Å². The second-order valence-corrected chi connectivity index (χ2v) is 4.47. The average Bonchev–Trinajstić information content (AvgIpc) is 2.59. The van der Waals surface area contributed by atoms with Crippen LogP contribution in [0.3, 0.4) is 0 Å². The molecule has 0 N–H and O–H groups in total. The Kier molecular flexibility index (Phi) is 5.09. The van der Waals surface area contributed by atoms with Gasteiger partial charge in [-0.1, -0.05) is 60.7 Å². The molecule has 0 bridgehead atoms. The zero-order valence-corrected chi connectivity index (χ0v) is 12.4. The van der Waals surface area contributed by atoms with Crippen molar-refractivity contribution in [3.8, 4) is 0 Å². The van der Waals surface area contributed by atoms with Crippen molar-refractivity contribution in [2.24, 2.45) is 0 Å². The molecule has 0 atom stereocenters. The molecular weight excluding hydrogens is 280 g/mol. The van der Waals surface area contributed by atoms with Gasteiger partial charge in [0.15, 0.2) is 5.57 Å². The van der Waals surface area contributed by atoms with Crippen LogP contribution >= 0.6 is 0 Å². The number of hydrogen-bond acceptors (Lipinski definition) is 4. The lowest BCUT2D eigenvalue weighted by Gasteiger charge is -2.13. The smallest absolute Gasteiger partial charge is 0.345 e. The van der Waals surface area contributed by atoms with Gasteiger partial charge in [-0.25, -0.2) is 9.59 Å². The standard InChI is InChI=1S/C18H16O4/c1-21-17(19)16(18(20)22-2)15(13-9-5-3-6-10-13)14-11-7-4-8-12-14/h3-12H,1-2H3.